The Morgan fingerprint density at radius 3 is 2.07 bits per heavy atom. The molecule has 4 nitrogen and oxygen atoms in total. The van der Waals surface area contributed by atoms with Gasteiger partial charge < -0.3 is 9.30 Å². The van der Waals surface area contributed by atoms with Crippen LogP contribution in [0.3, 0.4) is 0 Å². The van der Waals surface area contributed by atoms with Crippen molar-refractivity contribution in [3.63, 3.8) is 0 Å². The zero-order valence-corrected chi connectivity index (χ0v) is 16.1. The summed E-state index contributed by atoms with van der Waals surface area (Å²) in [5.74, 6) is -0.718. The van der Waals surface area contributed by atoms with Crippen LogP contribution in [0.25, 0.3) is 27.1 Å². The number of carbonyl (C=O) groups is 1. The predicted octanol–water partition coefficient (Wildman–Crippen LogP) is 5.79. The van der Waals surface area contributed by atoms with E-state index >= 15 is 0 Å². The molecule has 0 aliphatic carbocycles. The standard InChI is InChI=1S/C23H21FN2O2/c1-5-19-21(25-3)20(22(26(19)4)23(27)28-6-2)17-9-7-15(8-10-17)16-11-13-18(24)14-12-16/h7-14H,5-6H2,1-2,4H3. The molecule has 0 spiro atoms. The topological polar surface area (TPSA) is 35.6 Å². The van der Waals surface area contributed by atoms with E-state index in [0.29, 0.717) is 23.4 Å². The summed E-state index contributed by atoms with van der Waals surface area (Å²) in [5, 5.41) is 0. The number of aromatic nitrogens is 1. The van der Waals surface area contributed by atoms with E-state index in [2.05, 4.69) is 4.85 Å². The number of rotatable bonds is 5. The van der Waals surface area contributed by atoms with Crippen LogP contribution in [0.5, 0.6) is 0 Å². The van der Waals surface area contributed by atoms with Crippen molar-refractivity contribution < 1.29 is 13.9 Å². The normalized spacial score (nSPS) is 10.5. The predicted molar refractivity (Wildman–Crippen MR) is 108 cm³/mol. The van der Waals surface area contributed by atoms with E-state index in [1.165, 1.54) is 12.1 Å². The maximum Gasteiger partial charge on any atom is 0.354 e. The zero-order valence-electron chi connectivity index (χ0n) is 16.1. The Morgan fingerprint density at radius 1 is 1.04 bits per heavy atom. The van der Waals surface area contributed by atoms with E-state index in [1.54, 1.807) is 30.7 Å². The van der Waals surface area contributed by atoms with E-state index in [9.17, 15) is 9.18 Å². The summed E-state index contributed by atoms with van der Waals surface area (Å²) in [7, 11) is 1.79. The molecule has 0 aliphatic rings. The molecule has 5 heteroatoms. The number of halogens is 1. The second-order valence-corrected chi connectivity index (χ2v) is 6.35. The van der Waals surface area contributed by atoms with Gasteiger partial charge in [-0.1, -0.05) is 43.3 Å². The van der Waals surface area contributed by atoms with Gasteiger partial charge in [-0.15, -0.1) is 0 Å². The van der Waals surface area contributed by atoms with E-state index in [0.717, 1.165) is 22.4 Å². The molecule has 0 aliphatic heterocycles. The minimum Gasteiger partial charge on any atom is -0.461 e. The Balaban J connectivity index is 2.13. The fourth-order valence-electron chi connectivity index (χ4n) is 3.43. The molecule has 0 saturated carbocycles. The van der Waals surface area contributed by atoms with Crippen molar-refractivity contribution in [3.05, 3.63) is 77.2 Å². The van der Waals surface area contributed by atoms with Crippen molar-refractivity contribution in [1.82, 2.24) is 4.57 Å². The number of benzene rings is 2. The van der Waals surface area contributed by atoms with Crippen LogP contribution < -0.4 is 0 Å². The van der Waals surface area contributed by atoms with Gasteiger partial charge in [-0.25, -0.2) is 14.0 Å². The van der Waals surface area contributed by atoms with Crippen molar-refractivity contribution in [2.24, 2.45) is 7.05 Å². The molecule has 0 saturated heterocycles. The molecule has 142 valence electrons. The second kappa shape index (κ2) is 8.10. The van der Waals surface area contributed by atoms with Gasteiger partial charge in [0.25, 0.3) is 0 Å². The van der Waals surface area contributed by atoms with Crippen molar-refractivity contribution in [2.45, 2.75) is 20.3 Å². The van der Waals surface area contributed by atoms with Crippen LogP contribution in [0.15, 0.2) is 48.5 Å². The van der Waals surface area contributed by atoms with Gasteiger partial charge in [0.2, 0.25) is 5.69 Å². The van der Waals surface area contributed by atoms with Crippen LogP contribution in [0.2, 0.25) is 0 Å². The summed E-state index contributed by atoms with van der Waals surface area (Å²) >= 11 is 0. The first kappa shape index (κ1) is 19.4. The molecular formula is C23H21FN2O2. The minimum absolute atomic E-state index is 0.266. The van der Waals surface area contributed by atoms with E-state index in [1.807, 2.05) is 31.2 Å². The van der Waals surface area contributed by atoms with Gasteiger partial charge >= 0.3 is 5.97 Å². The first-order chi connectivity index (χ1) is 13.5. The largest absolute Gasteiger partial charge is 0.461 e. The number of hydrogen-bond acceptors (Lipinski definition) is 2. The molecule has 0 fully saturated rings. The first-order valence-electron chi connectivity index (χ1n) is 9.14. The number of carbonyl (C=O) groups excluding carboxylic acids is 1. The second-order valence-electron chi connectivity index (χ2n) is 6.35. The van der Waals surface area contributed by atoms with Crippen LogP contribution in [0.4, 0.5) is 10.1 Å². The highest BCUT2D eigenvalue weighted by molar-refractivity contribution is 6.01. The Morgan fingerprint density at radius 2 is 1.57 bits per heavy atom. The van der Waals surface area contributed by atoms with Gasteiger partial charge in [-0.3, -0.25) is 0 Å². The lowest BCUT2D eigenvalue weighted by molar-refractivity contribution is 0.0516. The lowest BCUT2D eigenvalue weighted by atomic mass is 9.99. The molecule has 0 amide bonds. The molecule has 28 heavy (non-hydrogen) atoms. The number of ether oxygens (including phenoxy) is 1. The van der Waals surface area contributed by atoms with Crippen LogP contribution >= 0.6 is 0 Å². The molecule has 0 unspecified atom stereocenters. The minimum atomic E-state index is -0.438. The third kappa shape index (κ3) is 3.41. The fraction of sp³-hybridized carbons (Fsp3) is 0.217. The number of esters is 1. The average Bonchev–Trinajstić information content (AvgIpc) is 3.00. The molecule has 2 aromatic carbocycles. The van der Waals surface area contributed by atoms with Gasteiger partial charge in [0.1, 0.15) is 11.5 Å². The Labute approximate surface area is 164 Å². The highest BCUT2D eigenvalue weighted by Gasteiger charge is 2.26. The van der Waals surface area contributed by atoms with E-state index in [4.69, 9.17) is 11.3 Å². The van der Waals surface area contributed by atoms with Crippen LogP contribution in [-0.4, -0.2) is 17.1 Å². The van der Waals surface area contributed by atoms with E-state index < -0.39 is 5.97 Å². The van der Waals surface area contributed by atoms with Crippen molar-refractivity contribution >= 4 is 11.7 Å². The molecule has 0 N–H and O–H groups in total. The maximum absolute atomic E-state index is 13.2. The van der Waals surface area contributed by atoms with Crippen LogP contribution in [-0.2, 0) is 18.2 Å². The van der Waals surface area contributed by atoms with Crippen molar-refractivity contribution in [1.29, 1.82) is 0 Å². The van der Waals surface area contributed by atoms with Gasteiger partial charge in [0.15, 0.2) is 0 Å². The molecule has 0 radical (unpaired) electrons. The molecule has 1 aromatic heterocycles. The maximum atomic E-state index is 13.2. The Bertz CT molecular complexity index is 1040. The summed E-state index contributed by atoms with van der Waals surface area (Å²) in [5.41, 5.74) is 4.86. The van der Waals surface area contributed by atoms with Crippen molar-refractivity contribution in [2.75, 3.05) is 6.61 Å². The van der Waals surface area contributed by atoms with Gasteiger partial charge in [-0.05, 0) is 42.2 Å². The van der Waals surface area contributed by atoms with Crippen LogP contribution in [0, 0.1) is 12.4 Å². The lowest BCUT2D eigenvalue weighted by Gasteiger charge is -2.09. The molecule has 3 rings (SSSR count). The van der Waals surface area contributed by atoms with Crippen molar-refractivity contribution in [3.8, 4) is 22.3 Å². The summed E-state index contributed by atoms with van der Waals surface area (Å²) in [6.07, 6.45) is 0.633. The quantitative estimate of drug-likeness (QED) is 0.417. The first-order valence-corrected chi connectivity index (χ1v) is 9.14. The Hall–Kier alpha value is -3.39. The average molecular weight is 376 g/mol. The van der Waals surface area contributed by atoms with Gasteiger partial charge in [-0.2, -0.15) is 0 Å². The van der Waals surface area contributed by atoms with Gasteiger partial charge in [0, 0.05) is 18.3 Å². The summed E-state index contributed by atoms with van der Waals surface area (Å²) in [4.78, 5) is 16.3. The highest BCUT2D eigenvalue weighted by atomic mass is 19.1. The van der Waals surface area contributed by atoms with Gasteiger partial charge in [0.05, 0.1) is 13.2 Å². The highest BCUT2D eigenvalue weighted by Crippen LogP contribution is 2.40. The SMILES string of the molecule is [C-]#[N+]c1c(-c2ccc(-c3ccc(F)cc3)cc2)c(C(=O)OCC)n(C)c1CC. The lowest BCUT2D eigenvalue weighted by Crippen LogP contribution is -2.12. The molecular weight excluding hydrogens is 355 g/mol. The third-order valence-corrected chi connectivity index (χ3v) is 4.75. The summed E-state index contributed by atoms with van der Waals surface area (Å²) < 4.78 is 20.1. The third-order valence-electron chi connectivity index (χ3n) is 4.75. The molecule has 0 atom stereocenters. The smallest absolute Gasteiger partial charge is 0.354 e. The molecule has 1 heterocycles. The summed E-state index contributed by atoms with van der Waals surface area (Å²) in [6, 6.07) is 13.9. The van der Waals surface area contributed by atoms with E-state index in [-0.39, 0.29) is 12.4 Å². The number of nitrogens with zero attached hydrogens (tertiary/aromatic N) is 2. The summed E-state index contributed by atoms with van der Waals surface area (Å²) in [6.45, 7) is 11.6. The molecule has 3 aromatic rings. The zero-order chi connectivity index (χ0) is 20.3. The molecule has 0 bridgehead atoms. The van der Waals surface area contributed by atoms with Crippen LogP contribution in [0.1, 0.15) is 30.0 Å². The number of hydrogen-bond donors (Lipinski definition) is 0. The Kier molecular flexibility index (Phi) is 5.60. The fourth-order valence-corrected chi connectivity index (χ4v) is 3.43. The monoisotopic (exact) mass is 376 g/mol.